The van der Waals surface area contributed by atoms with E-state index in [0.717, 1.165) is 28.7 Å². The quantitative estimate of drug-likeness (QED) is 0.661. The van der Waals surface area contributed by atoms with Gasteiger partial charge in [-0.15, -0.1) is 0 Å². The number of hydrogen-bond donors (Lipinski definition) is 0. The maximum Gasteiger partial charge on any atom is 0.261 e. The van der Waals surface area contributed by atoms with Crippen molar-refractivity contribution in [1.82, 2.24) is 9.55 Å². The maximum absolute atomic E-state index is 13.0. The van der Waals surface area contributed by atoms with Gasteiger partial charge in [0.05, 0.1) is 10.9 Å². The second-order valence-electron chi connectivity index (χ2n) is 6.97. The van der Waals surface area contributed by atoms with Crippen molar-refractivity contribution < 1.29 is 0 Å². The summed E-state index contributed by atoms with van der Waals surface area (Å²) in [6, 6.07) is 5.84. The summed E-state index contributed by atoms with van der Waals surface area (Å²) < 4.78 is 2.85. The largest absolute Gasteiger partial charge is 0.296 e. The summed E-state index contributed by atoms with van der Waals surface area (Å²) in [6.45, 7) is 4.99. The summed E-state index contributed by atoms with van der Waals surface area (Å²) in [5.41, 5.74) is 0.940. The van der Waals surface area contributed by atoms with Crippen LogP contribution in [-0.2, 0) is 6.54 Å². The number of fused-ring (bicyclic) bond motifs is 1. The van der Waals surface area contributed by atoms with Crippen molar-refractivity contribution in [3.8, 4) is 0 Å². The van der Waals surface area contributed by atoms with Gasteiger partial charge in [0.1, 0.15) is 5.82 Å². The molecule has 1 atom stereocenters. The molecule has 1 aliphatic rings. The first-order valence-electron chi connectivity index (χ1n) is 9.35. The summed E-state index contributed by atoms with van der Waals surface area (Å²) in [6.07, 6.45) is 8.82. The zero-order valence-corrected chi connectivity index (χ0v) is 16.3. The Kier molecular flexibility index (Phi) is 5.75. The Labute approximate surface area is 152 Å². The molecule has 0 amide bonds. The molecule has 1 heterocycles. The Balaban J connectivity index is 2.14. The fraction of sp³-hybridized carbons (Fsp3) is 0.600. The first kappa shape index (κ1) is 17.7. The van der Waals surface area contributed by atoms with E-state index in [1.807, 2.05) is 22.8 Å². The Morgan fingerprint density at radius 3 is 2.67 bits per heavy atom. The Morgan fingerprint density at radius 2 is 2.00 bits per heavy atom. The molecule has 0 aliphatic heterocycles. The van der Waals surface area contributed by atoms with Crippen LogP contribution in [0.2, 0.25) is 0 Å². The van der Waals surface area contributed by atoms with Gasteiger partial charge in [-0.2, -0.15) is 0 Å². The minimum absolute atomic E-state index is 0.107. The number of benzene rings is 1. The second-order valence-corrected chi connectivity index (χ2v) is 7.89. The molecule has 1 saturated carbocycles. The highest BCUT2D eigenvalue weighted by atomic mass is 79.9. The van der Waals surface area contributed by atoms with Crippen LogP contribution in [0.15, 0.2) is 27.5 Å². The third-order valence-corrected chi connectivity index (χ3v) is 5.91. The zero-order valence-electron chi connectivity index (χ0n) is 14.7. The molecule has 3 rings (SSSR count). The maximum atomic E-state index is 13.0. The van der Waals surface area contributed by atoms with Gasteiger partial charge in [-0.1, -0.05) is 48.5 Å². The molecule has 0 bridgehead atoms. The average molecular weight is 391 g/mol. The minimum Gasteiger partial charge on any atom is -0.296 e. The number of aromatic nitrogens is 2. The molecule has 1 aliphatic carbocycles. The van der Waals surface area contributed by atoms with Crippen LogP contribution in [0.3, 0.4) is 0 Å². The van der Waals surface area contributed by atoms with Gasteiger partial charge in [0.2, 0.25) is 0 Å². The molecule has 0 saturated heterocycles. The Bertz CT molecular complexity index is 762. The van der Waals surface area contributed by atoms with E-state index in [4.69, 9.17) is 4.98 Å². The fourth-order valence-electron chi connectivity index (χ4n) is 4.22. The highest BCUT2D eigenvalue weighted by Gasteiger charge is 2.28. The van der Waals surface area contributed by atoms with Crippen molar-refractivity contribution >= 4 is 26.8 Å². The molecule has 24 heavy (non-hydrogen) atoms. The summed E-state index contributed by atoms with van der Waals surface area (Å²) in [4.78, 5) is 18.0. The molecule has 0 N–H and O–H groups in total. The highest BCUT2D eigenvalue weighted by Crippen LogP contribution is 2.38. The monoisotopic (exact) mass is 390 g/mol. The van der Waals surface area contributed by atoms with Crippen molar-refractivity contribution in [2.75, 3.05) is 0 Å². The van der Waals surface area contributed by atoms with E-state index < -0.39 is 0 Å². The van der Waals surface area contributed by atoms with E-state index in [1.165, 1.54) is 32.1 Å². The molecule has 1 aromatic heterocycles. The molecule has 1 aromatic carbocycles. The van der Waals surface area contributed by atoms with Crippen LogP contribution in [0.4, 0.5) is 0 Å². The number of hydrogen-bond acceptors (Lipinski definition) is 2. The lowest BCUT2D eigenvalue weighted by Crippen LogP contribution is -2.29. The lowest BCUT2D eigenvalue weighted by atomic mass is 9.77. The molecule has 1 fully saturated rings. The van der Waals surface area contributed by atoms with Gasteiger partial charge in [-0.05, 0) is 50.3 Å². The number of nitrogens with zero attached hydrogens (tertiary/aromatic N) is 2. The smallest absolute Gasteiger partial charge is 0.261 e. The van der Waals surface area contributed by atoms with Gasteiger partial charge >= 0.3 is 0 Å². The molecule has 130 valence electrons. The third kappa shape index (κ3) is 3.44. The molecule has 0 spiro atoms. The van der Waals surface area contributed by atoms with Crippen LogP contribution < -0.4 is 5.56 Å². The van der Waals surface area contributed by atoms with Gasteiger partial charge in [0.25, 0.3) is 5.56 Å². The van der Waals surface area contributed by atoms with Crippen LogP contribution in [0.5, 0.6) is 0 Å². The lowest BCUT2D eigenvalue weighted by molar-refractivity contribution is 0.279. The molecular weight excluding hydrogens is 364 g/mol. The predicted molar refractivity (Wildman–Crippen MR) is 104 cm³/mol. The first-order valence-corrected chi connectivity index (χ1v) is 10.1. The van der Waals surface area contributed by atoms with Gasteiger partial charge < -0.3 is 0 Å². The zero-order chi connectivity index (χ0) is 17.1. The van der Waals surface area contributed by atoms with Crippen LogP contribution in [0.25, 0.3) is 10.9 Å². The van der Waals surface area contributed by atoms with E-state index in [1.54, 1.807) is 0 Å². The fourth-order valence-corrected chi connectivity index (χ4v) is 4.58. The van der Waals surface area contributed by atoms with E-state index in [-0.39, 0.29) is 5.56 Å². The van der Waals surface area contributed by atoms with Crippen molar-refractivity contribution in [2.45, 2.75) is 71.3 Å². The molecule has 4 heteroatoms. The van der Waals surface area contributed by atoms with Crippen molar-refractivity contribution in [3.05, 3.63) is 38.9 Å². The molecular formula is C20H27BrN2O. The Hall–Kier alpha value is -1.16. The highest BCUT2D eigenvalue weighted by molar-refractivity contribution is 9.10. The van der Waals surface area contributed by atoms with Gasteiger partial charge in [-0.3, -0.25) is 9.36 Å². The first-order chi connectivity index (χ1) is 11.7. The van der Waals surface area contributed by atoms with Crippen molar-refractivity contribution in [2.24, 2.45) is 5.92 Å². The summed E-state index contributed by atoms with van der Waals surface area (Å²) in [7, 11) is 0. The van der Waals surface area contributed by atoms with Crippen LogP contribution in [0, 0.1) is 5.92 Å². The number of rotatable bonds is 5. The molecule has 1 unspecified atom stereocenters. The molecule has 2 aromatic rings. The van der Waals surface area contributed by atoms with Crippen molar-refractivity contribution in [3.63, 3.8) is 0 Å². The predicted octanol–water partition coefficient (Wildman–Crippen LogP) is 5.64. The van der Waals surface area contributed by atoms with Crippen LogP contribution in [-0.4, -0.2) is 9.55 Å². The second kappa shape index (κ2) is 7.81. The summed E-state index contributed by atoms with van der Waals surface area (Å²) in [5.74, 6) is 2.11. The van der Waals surface area contributed by atoms with Gasteiger partial charge in [-0.25, -0.2) is 4.98 Å². The lowest BCUT2D eigenvalue weighted by Gasteiger charge is -2.31. The number of halogens is 1. The van der Waals surface area contributed by atoms with Crippen LogP contribution in [0.1, 0.15) is 70.5 Å². The summed E-state index contributed by atoms with van der Waals surface area (Å²) >= 11 is 3.47. The van der Waals surface area contributed by atoms with E-state index in [2.05, 4.69) is 29.8 Å². The third-order valence-electron chi connectivity index (χ3n) is 5.41. The SMILES string of the molecule is CCCC(c1nc2ccc(Br)cc2c(=O)n1CC)C1CCCCC1. The van der Waals surface area contributed by atoms with E-state index in [0.29, 0.717) is 23.8 Å². The van der Waals surface area contributed by atoms with Gasteiger partial charge in [0, 0.05) is 16.9 Å². The Morgan fingerprint density at radius 1 is 1.25 bits per heavy atom. The minimum atomic E-state index is 0.107. The van der Waals surface area contributed by atoms with Crippen molar-refractivity contribution in [1.29, 1.82) is 0 Å². The molecule has 3 nitrogen and oxygen atoms in total. The van der Waals surface area contributed by atoms with Gasteiger partial charge in [0.15, 0.2) is 0 Å². The standard InChI is InChI=1S/C20H27BrN2O/c1-3-8-16(14-9-6-5-7-10-14)19-22-18-12-11-15(21)13-17(18)20(24)23(19)4-2/h11-14,16H,3-10H2,1-2H3. The summed E-state index contributed by atoms with van der Waals surface area (Å²) in [5, 5.41) is 0.717. The average Bonchev–Trinajstić information content (AvgIpc) is 2.61. The topological polar surface area (TPSA) is 34.9 Å². The van der Waals surface area contributed by atoms with E-state index in [9.17, 15) is 4.79 Å². The normalized spacial score (nSPS) is 17.3. The van der Waals surface area contributed by atoms with E-state index >= 15 is 0 Å². The van der Waals surface area contributed by atoms with Crippen LogP contribution >= 0.6 is 15.9 Å². The molecule has 0 radical (unpaired) electrons.